The first-order chi connectivity index (χ1) is 16.6. The Morgan fingerprint density at radius 2 is 1.74 bits per heavy atom. The molecule has 3 aromatic rings. The molecule has 0 fully saturated rings. The van der Waals surface area contributed by atoms with Crippen LogP contribution in [0, 0.1) is 0 Å². The van der Waals surface area contributed by atoms with Crippen LogP contribution in [0.1, 0.15) is 45.0 Å². The molecule has 35 heavy (non-hydrogen) atoms. The molecule has 2 heterocycles. The number of nitrogens with two attached hydrogens (primary N) is 1. The molecule has 1 aromatic heterocycles. The number of fused-ring (bicyclic) bond motifs is 1. The summed E-state index contributed by atoms with van der Waals surface area (Å²) in [5.74, 6) is -1.01. The minimum Gasteiger partial charge on any atom is -0.365 e. The van der Waals surface area contributed by atoms with Gasteiger partial charge in [0.15, 0.2) is 0 Å². The van der Waals surface area contributed by atoms with Gasteiger partial charge in [0.05, 0.1) is 16.1 Å². The van der Waals surface area contributed by atoms with Gasteiger partial charge in [0.2, 0.25) is 0 Å². The number of rotatable bonds is 7. The molecule has 1 aliphatic heterocycles. The van der Waals surface area contributed by atoms with E-state index in [2.05, 4.69) is 24.1 Å². The van der Waals surface area contributed by atoms with Crippen LogP contribution in [0.5, 0.6) is 0 Å². The highest BCUT2D eigenvalue weighted by Crippen LogP contribution is 2.37. The Bertz CT molecular complexity index is 1350. The molecule has 0 bridgehead atoms. The molecule has 0 radical (unpaired) electrons. The summed E-state index contributed by atoms with van der Waals surface area (Å²) in [6, 6.07) is 14.8. The largest absolute Gasteiger partial charge is 0.365 e. The van der Waals surface area contributed by atoms with Crippen LogP contribution in [0.15, 0.2) is 59.5 Å². The number of nitrogens with zero attached hydrogens (tertiary/aromatic N) is 2. The van der Waals surface area contributed by atoms with E-state index < -0.39 is 21.8 Å². The summed E-state index contributed by atoms with van der Waals surface area (Å²) in [7, 11) is -2.31. The van der Waals surface area contributed by atoms with E-state index in [1.165, 1.54) is 47.0 Å². The van der Waals surface area contributed by atoms with Crippen LogP contribution < -0.4 is 15.4 Å². The van der Waals surface area contributed by atoms with E-state index in [0.717, 1.165) is 17.0 Å². The molecule has 8 nitrogen and oxygen atoms in total. The average molecular weight is 513 g/mol. The number of amides is 2. The molecule has 2 amide bonds. The van der Waals surface area contributed by atoms with Gasteiger partial charge in [-0.1, -0.05) is 18.2 Å². The van der Waals surface area contributed by atoms with Gasteiger partial charge in [-0.05, 0) is 62.2 Å². The number of sulfonamides is 1. The molecule has 4 rings (SSSR count). The smallest absolute Gasteiger partial charge is 0.264 e. The number of primary amides is 1. The van der Waals surface area contributed by atoms with Crippen LogP contribution in [-0.2, 0) is 23.0 Å². The maximum absolute atomic E-state index is 13.0. The number of benzene rings is 2. The van der Waals surface area contributed by atoms with Crippen molar-refractivity contribution in [3.63, 3.8) is 0 Å². The first-order valence-electron chi connectivity index (χ1n) is 11.2. The first kappa shape index (κ1) is 24.9. The minimum absolute atomic E-state index is 0.0681. The summed E-state index contributed by atoms with van der Waals surface area (Å²) in [4.78, 5) is 28.6. The molecule has 2 aromatic carbocycles. The van der Waals surface area contributed by atoms with Gasteiger partial charge in [0.25, 0.3) is 21.8 Å². The van der Waals surface area contributed by atoms with E-state index in [1.807, 2.05) is 6.07 Å². The van der Waals surface area contributed by atoms with Crippen molar-refractivity contribution in [2.45, 2.75) is 37.8 Å². The van der Waals surface area contributed by atoms with Crippen molar-refractivity contribution in [3.05, 3.63) is 76.2 Å². The summed E-state index contributed by atoms with van der Waals surface area (Å²) >= 11 is 1.37. The van der Waals surface area contributed by atoms with Gasteiger partial charge in [-0.3, -0.25) is 18.8 Å². The van der Waals surface area contributed by atoms with Crippen LogP contribution in [-0.4, -0.2) is 44.8 Å². The Labute approximate surface area is 209 Å². The summed E-state index contributed by atoms with van der Waals surface area (Å²) in [5.41, 5.74) is 7.74. The van der Waals surface area contributed by atoms with E-state index in [9.17, 15) is 18.0 Å². The Kier molecular flexibility index (Phi) is 6.98. The third-order valence-electron chi connectivity index (χ3n) is 6.18. The predicted molar refractivity (Wildman–Crippen MR) is 139 cm³/mol. The zero-order valence-electron chi connectivity index (χ0n) is 19.8. The molecular weight excluding hydrogens is 484 g/mol. The number of hydrogen-bond acceptors (Lipinski definition) is 6. The van der Waals surface area contributed by atoms with Gasteiger partial charge < -0.3 is 11.1 Å². The summed E-state index contributed by atoms with van der Waals surface area (Å²) < 4.78 is 27.2. The standard InChI is InChI=1S/C25H28N4O4S2/c1-16(2)29-14-13-20-21(15-29)34-25(22(20)23(26)30)27-24(31)17-9-11-19(12-10-17)35(32,33)28(3)18-7-5-4-6-8-18/h4-12,16H,13-15H2,1-3H3,(H2,26,30)(H,27,31). The summed E-state index contributed by atoms with van der Waals surface area (Å²) in [6.07, 6.45) is 0.694. The van der Waals surface area contributed by atoms with Crippen LogP contribution in [0.25, 0.3) is 0 Å². The maximum Gasteiger partial charge on any atom is 0.264 e. The number of nitrogens with one attached hydrogen (secondary N) is 1. The molecule has 0 saturated heterocycles. The Morgan fingerprint density at radius 1 is 1.09 bits per heavy atom. The second-order valence-electron chi connectivity index (χ2n) is 8.67. The lowest BCUT2D eigenvalue weighted by atomic mass is 10.0. The molecule has 184 valence electrons. The third-order valence-corrected chi connectivity index (χ3v) is 9.12. The van der Waals surface area contributed by atoms with Crippen molar-refractivity contribution in [1.29, 1.82) is 0 Å². The van der Waals surface area contributed by atoms with Crippen LogP contribution >= 0.6 is 11.3 Å². The number of carbonyl (C=O) groups is 2. The van der Waals surface area contributed by atoms with Crippen molar-refractivity contribution < 1.29 is 18.0 Å². The fourth-order valence-electron chi connectivity index (χ4n) is 4.10. The molecule has 0 aliphatic carbocycles. The van der Waals surface area contributed by atoms with Gasteiger partial charge in [0.1, 0.15) is 5.00 Å². The number of thiophene rings is 1. The van der Waals surface area contributed by atoms with E-state index in [4.69, 9.17) is 5.73 Å². The van der Waals surface area contributed by atoms with E-state index in [-0.39, 0.29) is 10.5 Å². The van der Waals surface area contributed by atoms with Crippen molar-refractivity contribution in [2.24, 2.45) is 5.73 Å². The normalized spacial score (nSPS) is 13.9. The minimum atomic E-state index is -3.79. The second kappa shape index (κ2) is 9.80. The van der Waals surface area contributed by atoms with Crippen LogP contribution in [0.4, 0.5) is 10.7 Å². The monoisotopic (exact) mass is 512 g/mol. The second-order valence-corrected chi connectivity index (χ2v) is 11.7. The number of carbonyl (C=O) groups excluding carboxylic acids is 2. The Balaban J connectivity index is 1.55. The SMILES string of the molecule is CC(C)N1CCc2c(sc(NC(=O)c3ccc(S(=O)(=O)N(C)c4ccccc4)cc3)c2C(N)=O)C1. The number of anilines is 2. The Hall–Kier alpha value is -3.21. The van der Waals surface area contributed by atoms with Gasteiger partial charge in [-0.25, -0.2) is 8.42 Å². The summed E-state index contributed by atoms with van der Waals surface area (Å²) in [6.45, 7) is 5.77. The highest BCUT2D eigenvalue weighted by atomic mass is 32.2. The fourth-order valence-corrected chi connectivity index (χ4v) is 6.57. The zero-order valence-corrected chi connectivity index (χ0v) is 21.4. The van der Waals surface area contributed by atoms with E-state index in [1.54, 1.807) is 24.3 Å². The molecule has 0 saturated carbocycles. The average Bonchev–Trinajstić information content (AvgIpc) is 3.21. The molecule has 0 unspecified atom stereocenters. The Morgan fingerprint density at radius 3 is 2.34 bits per heavy atom. The van der Waals surface area contributed by atoms with Crippen molar-refractivity contribution in [1.82, 2.24) is 4.90 Å². The lowest BCUT2D eigenvalue weighted by Crippen LogP contribution is -2.35. The van der Waals surface area contributed by atoms with Gasteiger partial charge in [-0.15, -0.1) is 11.3 Å². The quantitative estimate of drug-likeness (QED) is 0.501. The van der Waals surface area contributed by atoms with Gasteiger partial charge >= 0.3 is 0 Å². The highest BCUT2D eigenvalue weighted by molar-refractivity contribution is 7.92. The van der Waals surface area contributed by atoms with E-state index in [0.29, 0.717) is 35.3 Å². The first-order valence-corrected chi connectivity index (χ1v) is 13.5. The van der Waals surface area contributed by atoms with Crippen LogP contribution in [0.2, 0.25) is 0 Å². The highest BCUT2D eigenvalue weighted by Gasteiger charge is 2.29. The molecule has 0 spiro atoms. The van der Waals surface area contributed by atoms with Gasteiger partial charge in [-0.2, -0.15) is 0 Å². The predicted octanol–water partition coefficient (Wildman–Crippen LogP) is 3.69. The lowest BCUT2D eigenvalue weighted by molar-refractivity contribution is 0.0999. The fraction of sp³-hybridized carbons (Fsp3) is 0.280. The summed E-state index contributed by atoms with van der Waals surface area (Å²) in [5, 5.41) is 3.25. The molecule has 0 atom stereocenters. The van der Waals surface area contributed by atoms with E-state index >= 15 is 0 Å². The molecule has 3 N–H and O–H groups in total. The number of para-hydroxylation sites is 1. The van der Waals surface area contributed by atoms with Crippen molar-refractivity contribution in [3.8, 4) is 0 Å². The van der Waals surface area contributed by atoms with Crippen LogP contribution in [0.3, 0.4) is 0 Å². The topological polar surface area (TPSA) is 113 Å². The van der Waals surface area contributed by atoms with Crippen molar-refractivity contribution >= 4 is 43.9 Å². The zero-order chi connectivity index (χ0) is 25.3. The maximum atomic E-state index is 13.0. The molecule has 10 heteroatoms. The molecule has 1 aliphatic rings. The molecular formula is C25H28N4O4S2. The number of hydrogen-bond donors (Lipinski definition) is 2. The third kappa shape index (κ3) is 4.95. The van der Waals surface area contributed by atoms with Crippen molar-refractivity contribution in [2.75, 3.05) is 23.2 Å². The van der Waals surface area contributed by atoms with Gasteiger partial charge in [0, 0.05) is 36.6 Å². The lowest BCUT2D eigenvalue weighted by Gasteiger charge is -2.30.